The summed E-state index contributed by atoms with van der Waals surface area (Å²) in [7, 11) is 3.83. The molecule has 0 heterocycles. The van der Waals surface area contributed by atoms with E-state index in [1.807, 2.05) is 21.6 Å². The third-order valence-corrected chi connectivity index (χ3v) is 4.38. The maximum atomic E-state index is 5.48. The van der Waals surface area contributed by atoms with Crippen molar-refractivity contribution in [3.05, 3.63) is 0 Å². The fourth-order valence-corrected chi connectivity index (χ4v) is 2.77. The van der Waals surface area contributed by atoms with Crippen molar-refractivity contribution in [3.63, 3.8) is 0 Å². The Kier molecular flexibility index (Phi) is 7.37. The smallest absolute Gasteiger partial charge is 0.0565 e. The molecule has 3 heteroatoms. The van der Waals surface area contributed by atoms with Gasteiger partial charge in [0.25, 0.3) is 0 Å². The van der Waals surface area contributed by atoms with Gasteiger partial charge in [0.15, 0.2) is 0 Å². The Hall–Kier alpha value is 0.660. The van der Waals surface area contributed by atoms with Crippen LogP contribution < -0.4 is 0 Å². The van der Waals surface area contributed by atoms with E-state index in [0.717, 1.165) is 19.0 Å². The first-order chi connectivity index (χ1) is 5.92. The molecular formula is C10H22OS2. The molecule has 0 rings (SSSR count). The van der Waals surface area contributed by atoms with Gasteiger partial charge < -0.3 is 4.74 Å². The molecule has 0 bridgehead atoms. The van der Waals surface area contributed by atoms with Crippen LogP contribution >= 0.6 is 21.6 Å². The van der Waals surface area contributed by atoms with E-state index in [1.54, 1.807) is 0 Å². The maximum Gasteiger partial charge on any atom is 0.0565 e. The van der Waals surface area contributed by atoms with Crippen molar-refractivity contribution < 1.29 is 4.74 Å². The Labute approximate surface area is 90.8 Å². The number of hydrogen-bond donors (Lipinski definition) is 0. The van der Waals surface area contributed by atoms with Crippen molar-refractivity contribution in [3.8, 4) is 0 Å². The Balaban J connectivity index is 3.09. The van der Waals surface area contributed by atoms with E-state index < -0.39 is 0 Å². The third-order valence-electron chi connectivity index (χ3n) is 1.07. The Morgan fingerprint density at radius 1 is 1.23 bits per heavy atom. The summed E-state index contributed by atoms with van der Waals surface area (Å²) < 4.78 is 5.84. The minimum Gasteiger partial charge on any atom is -0.380 e. The van der Waals surface area contributed by atoms with Crippen LogP contribution in [0.4, 0.5) is 0 Å². The van der Waals surface area contributed by atoms with Gasteiger partial charge in [-0.25, -0.2) is 0 Å². The summed E-state index contributed by atoms with van der Waals surface area (Å²) in [5.41, 5.74) is 0. The second-order valence-corrected chi connectivity index (χ2v) is 7.73. The Morgan fingerprint density at radius 3 is 2.31 bits per heavy atom. The van der Waals surface area contributed by atoms with Crippen LogP contribution in [0.5, 0.6) is 0 Å². The van der Waals surface area contributed by atoms with Crippen LogP contribution in [-0.4, -0.2) is 23.7 Å². The van der Waals surface area contributed by atoms with Gasteiger partial charge in [-0.15, -0.1) is 0 Å². The van der Waals surface area contributed by atoms with E-state index in [1.165, 1.54) is 0 Å². The topological polar surface area (TPSA) is 9.23 Å². The van der Waals surface area contributed by atoms with Crippen molar-refractivity contribution in [2.75, 3.05) is 19.0 Å². The molecule has 13 heavy (non-hydrogen) atoms. The van der Waals surface area contributed by atoms with E-state index in [0.29, 0.717) is 10.7 Å². The predicted octanol–water partition coefficient (Wildman–Crippen LogP) is 3.84. The molecule has 0 aromatic heterocycles. The Morgan fingerprint density at radius 2 is 1.85 bits per heavy atom. The molecule has 0 radical (unpaired) electrons. The minimum absolute atomic E-state index is 0.364. The number of rotatable bonds is 6. The molecule has 0 fully saturated rings. The molecule has 0 N–H and O–H groups in total. The van der Waals surface area contributed by atoms with Crippen LogP contribution in [0.15, 0.2) is 0 Å². The SMILES string of the molecule is CC(C)COCCSSC(C)(C)C. The standard InChI is InChI=1S/C10H22OS2/c1-9(2)8-11-6-7-12-13-10(3,4)5/h9H,6-8H2,1-5H3. The second-order valence-electron chi connectivity index (χ2n) is 4.49. The van der Waals surface area contributed by atoms with Gasteiger partial charge in [-0.05, 0) is 5.92 Å². The second kappa shape index (κ2) is 7.02. The molecule has 0 aliphatic carbocycles. The molecule has 0 aliphatic heterocycles. The summed E-state index contributed by atoms with van der Waals surface area (Å²) >= 11 is 0. The zero-order valence-electron chi connectivity index (χ0n) is 9.42. The van der Waals surface area contributed by atoms with Gasteiger partial charge in [-0.2, -0.15) is 0 Å². The van der Waals surface area contributed by atoms with Gasteiger partial charge in [0, 0.05) is 17.1 Å². The lowest BCUT2D eigenvalue weighted by Gasteiger charge is -2.16. The quantitative estimate of drug-likeness (QED) is 0.499. The zero-order chi connectivity index (χ0) is 10.3. The van der Waals surface area contributed by atoms with Crippen molar-refractivity contribution in [2.24, 2.45) is 5.92 Å². The van der Waals surface area contributed by atoms with Gasteiger partial charge in [0.2, 0.25) is 0 Å². The lowest BCUT2D eigenvalue weighted by molar-refractivity contribution is 0.124. The summed E-state index contributed by atoms with van der Waals surface area (Å²) in [6.07, 6.45) is 0. The lowest BCUT2D eigenvalue weighted by atomic mass is 10.2. The maximum absolute atomic E-state index is 5.48. The van der Waals surface area contributed by atoms with Crippen molar-refractivity contribution in [2.45, 2.75) is 39.4 Å². The molecule has 0 saturated carbocycles. The highest BCUT2D eigenvalue weighted by Gasteiger charge is 2.10. The van der Waals surface area contributed by atoms with E-state index in [2.05, 4.69) is 34.6 Å². The largest absolute Gasteiger partial charge is 0.380 e. The average molecular weight is 222 g/mol. The molecular weight excluding hydrogens is 200 g/mol. The highest BCUT2D eigenvalue weighted by atomic mass is 33.1. The Bertz CT molecular complexity index is 119. The predicted molar refractivity (Wildman–Crippen MR) is 65.5 cm³/mol. The first kappa shape index (κ1) is 13.7. The molecule has 0 saturated heterocycles. The van der Waals surface area contributed by atoms with E-state index >= 15 is 0 Å². The summed E-state index contributed by atoms with van der Waals surface area (Å²) in [6.45, 7) is 12.8. The summed E-state index contributed by atoms with van der Waals surface area (Å²) in [6, 6.07) is 0. The van der Waals surface area contributed by atoms with E-state index in [4.69, 9.17) is 4.74 Å². The van der Waals surface area contributed by atoms with E-state index in [9.17, 15) is 0 Å². The molecule has 0 aliphatic rings. The van der Waals surface area contributed by atoms with Crippen molar-refractivity contribution in [1.82, 2.24) is 0 Å². The van der Waals surface area contributed by atoms with Gasteiger partial charge in [0.05, 0.1) is 6.61 Å². The molecule has 0 aromatic rings. The highest BCUT2D eigenvalue weighted by Crippen LogP contribution is 2.34. The summed E-state index contributed by atoms with van der Waals surface area (Å²) in [4.78, 5) is 0. The normalized spacial score (nSPS) is 12.5. The van der Waals surface area contributed by atoms with E-state index in [-0.39, 0.29) is 0 Å². The number of ether oxygens (including phenoxy) is 1. The molecule has 0 aromatic carbocycles. The molecule has 0 unspecified atom stereocenters. The average Bonchev–Trinajstić information content (AvgIpc) is 1.93. The zero-order valence-corrected chi connectivity index (χ0v) is 11.1. The fourth-order valence-electron chi connectivity index (χ4n) is 0.630. The van der Waals surface area contributed by atoms with Crippen LogP contribution in [0, 0.1) is 5.92 Å². The third kappa shape index (κ3) is 12.7. The van der Waals surface area contributed by atoms with Crippen LogP contribution in [-0.2, 0) is 4.74 Å². The van der Waals surface area contributed by atoms with Crippen molar-refractivity contribution >= 4 is 21.6 Å². The molecule has 0 spiro atoms. The fraction of sp³-hybridized carbons (Fsp3) is 1.00. The van der Waals surface area contributed by atoms with Crippen molar-refractivity contribution in [1.29, 1.82) is 0 Å². The van der Waals surface area contributed by atoms with Gasteiger partial charge in [0.1, 0.15) is 0 Å². The number of hydrogen-bond acceptors (Lipinski definition) is 3. The highest BCUT2D eigenvalue weighted by molar-refractivity contribution is 8.77. The molecule has 0 atom stereocenters. The molecule has 0 amide bonds. The van der Waals surface area contributed by atoms with Gasteiger partial charge in [-0.1, -0.05) is 56.2 Å². The summed E-state index contributed by atoms with van der Waals surface area (Å²) in [5.74, 6) is 1.74. The van der Waals surface area contributed by atoms with Gasteiger partial charge in [-0.3, -0.25) is 0 Å². The van der Waals surface area contributed by atoms with Crippen LogP contribution in [0.1, 0.15) is 34.6 Å². The van der Waals surface area contributed by atoms with Crippen LogP contribution in [0.2, 0.25) is 0 Å². The molecule has 80 valence electrons. The monoisotopic (exact) mass is 222 g/mol. The molecule has 1 nitrogen and oxygen atoms in total. The summed E-state index contributed by atoms with van der Waals surface area (Å²) in [5, 5.41) is 0. The van der Waals surface area contributed by atoms with Crippen LogP contribution in [0.25, 0.3) is 0 Å². The first-order valence-corrected chi connectivity index (χ1v) is 7.12. The first-order valence-electron chi connectivity index (χ1n) is 4.80. The minimum atomic E-state index is 0.364. The van der Waals surface area contributed by atoms with Crippen LogP contribution in [0.3, 0.4) is 0 Å². The lowest BCUT2D eigenvalue weighted by Crippen LogP contribution is -2.07. The van der Waals surface area contributed by atoms with Gasteiger partial charge >= 0.3 is 0 Å².